The Morgan fingerprint density at radius 2 is 1.32 bits per heavy atom. The van der Waals surface area contributed by atoms with E-state index in [4.69, 9.17) is 46.4 Å². The first-order chi connectivity index (χ1) is 10.3. The minimum absolute atomic E-state index is 0.129. The summed E-state index contributed by atoms with van der Waals surface area (Å²) in [5.41, 5.74) is -0.650. The van der Waals surface area contributed by atoms with Crippen molar-refractivity contribution in [1.82, 2.24) is 9.80 Å². The van der Waals surface area contributed by atoms with Crippen molar-refractivity contribution in [2.45, 2.75) is 0 Å². The van der Waals surface area contributed by atoms with Gasteiger partial charge in [-0.05, 0) is 7.05 Å². The van der Waals surface area contributed by atoms with Crippen molar-refractivity contribution in [3.63, 3.8) is 0 Å². The highest BCUT2D eigenvalue weighted by Gasteiger charge is 2.32. The highest BCUT2D eigenvalue weighted by molar-refractivity contribution is 6.54. The molecule has 1 amide bonds. The lowest BCUT2D eigenvalue weighted by atomic mass is 10.1. The zero-order chi connectivity index (χ0) is 16.6. The fourth-order valence-electron chi connectivity index (χ4n) is 2.20. The van der Waals surface area contributed by atoms with E-state index < -0.39 is 17.4 Å². The standard InChI is InChI=1S/C13H12Cl4N2O3/c1-18-2-4-19(5-3-18)12(20)6-7(13(21)22)9(15)11(17)10(16)8(6)14/h2-5H2,1H3,(H,21,22). The third-order valence-electron chi connectivity index (χ3n) is 3.49. The highest BCUT2D eigenvalue weighted by Crippen LogP contribution is 2.42. The second kappa shape index (κ2) is 6.81. The first kappa shape index (κ1) is 17.6. The third kappa shape index (κ3) is 3.14. The largest absolute Gasteiger partial charge is 0.478 e. The van der Waals surface area contributed by atoms with E-state index in [1.54, 1.807) is 0 Å². The molecule has 1 aliphatic heterocycles. The molecular formula is C13H12Cl4N2O3. The van der Waals surface area contributed by atoms with Gasteiger partial charge in [-0.1, -0.05) is 46.4 Å². The van der Waals surface area contributed by atoms with Crippen molar-refractivity contribution in [2.75, 3.05) is 33.2 Å². The van der Waals surface area contributed by atoms with E-state index in [1.165, 1.54) is 4.90 Å². The Morgan fingerprint density at radius 1 is 0.864 bits per heavy atom. The van der Waals surface area contributed by atoms with Gasteiger partial charge in [0.25, 0.3) is 5.91 Å². The second-order valence-electron chi connectivity index (χ2n) is 4.91. The molecular weight excluding hydrogens is 374 g/mol. The normalized spacial score (nSPS) is 16.0. The zero-order valence-corrected chi connectivity index (χ0v) is 14.5. The first-order valence-electron chi connectivity index (χ1n) is 6.32. The number of carboxylic acid groups (broad SMARTS) is 1. The van der Waals surface area contributed by atoms with Gasteiger partial charge < -0.3 is 14.9 Å². The summed E-state index contributed by atoms with van der Waals surface area (Å²) in [4.78, 5) is 27.7. The Morgan fingerprint density at radius 3 is 1.77 bits per heavy atom. The summed E-state index contributed by atoms with van der Waals surface area (Å²) in [6.45, 7) is 2.28. The summed E-state index contributed by atoms with van der Waals surface area (Å²) in [5, 5.41) is 8.56. The molecule has 1 heterocycles. The van der Waals surface area contributed by atoms with Crippen molar-refractivity contribution in [3.05, 3.63) is 31.2 Å². The average Bonchev–Trinajstić information content (AvgIpc) is 2.48. The topological polar surface area (TPSA) is 60.9 Å². The van der Waals surface area contributed by atoms with Crippen LogP contribution in [0.25, 0.3) is 0 Å². The van der Waals surface area contributed by atoms with Crippen LogP contribution in [0.2, 0.25) is 20.1 Å². The minimum atomic E-state index is -1.39. The number of aromatic carboxylic acids is 1. The minimum Gasteiger partial charge on any atom is -0.478 e. The molecule has 0 bridgehead atoms. The smallest absolute Gasteiger partial charge is 0.338 e. The summed E-state index contributed by atoms with van der Waals surface area (Å²) in [6.07, 6.45) is 0. The molecule has 1 aromatic carbocycles. The molecule has 9 heteroatoms. The van der Waals surface area contributed by atoms with Gasteiger partial charge in [0.1, 0.15) is 0 Å². The van der Waals surface area contributed by atoms with Crippen LogP contribution in [0.4, 0.5) is 0 Å². The number of piperazine rings is 1. The van der Waals surface area contributed by atoms with Gasteiger partial charge in [0.2, 0.25) is 0 Å². The van der Waals surface area contributed by atoms with Gasteiger partial charge in [-0.25, -0.2) is 4.79 Å². The van der Waals surface area contributed by atoms with Crippen molar-refractivity contribution < 1.29 is 14.7 Å². The zero-order valence-electron chi connectivity index (χ0n) is 11.5. The van der Waals surface area contributed by atoms with Gasteiger partial charge in [-0.2, -0.15) is 0 Å². The number of carboxylic acids is 1. The number of hydrogen-bond donors (Lipinski definition) is 1. The number of likely N-dealkylation sites (N-methyl/N-ethyl adjacent to an activating group) is 1. The van der Waals surface area contributed by atoms with E-state index in [0.717, 1.165) is 0 Å². The van der Waals surface area contributed by atoms with Crippen LogP contribution >= 0.6 is 46.4 Å². The third-order valence-corrected chi connectivity index (χ3v) is 5.29. The number of hydrogen-bond acceptors (Lipinski definition) is 3. The van der Waals surface area contributed by atoms with Crippen LogP contribution in [0.5, 0.6) is 0 Å². The molecule has 1 fully saturated rings. The Labute approximate surface area is 147 Å². The van der Waals surface area contributed by atoms with E-state index >= 15 is 0 Å². The average molecular weight is 386 g/mol. The van der Waals surface area contributed by atoms with Gasteiger partial charge >= 0.3 is 5.97 Å². The molecule has 0 atom stereocenters. The Kier molecular flexibility index (Phi) is 5.45. The van der Waals surface area contributed by atoms with Crippen LogP contribution in [0.3, 0.4) is 0 Å². The predicted molar refractivity (Wildman–Crippen MR) is 86.8 cm³/mol. The predicted octanol–water partition coefficient (Wildman–Crippen LogP) is 3.39. The number of benzene rings is 1. The highest BCUT2D eigenvalue weighted by atomic mass is 35.5. The van der Waals surface area contributed by atoms with Gasteiger partial charge in [-0.3, -0.25) is 4.79 Å². The Hall–Kier alpha value is -0.720. The summed E-state index contributed by atoms with van der Waals surface area (Å²) < 4.78 is 0. The van der Waals surface area contributed by atoms with Crippen molar-refractivity contribution in [3.8, 4) is 0 Å². The molecule has 2 rings (SSSR count). The quantitative estimate of drug-likeness (QED) is 0.626. The molecule has 0 saturated carbocycles. The molecule has 1 saturated heterocycles. The lowest BCUT2D eigenvalue weighted by Crippen LogP contribution is -2.47. The maximum absolute atomic E-state index is 12.7. The van der Waals surface area contributed by atoms with Crippen LogP contribution in [0.1, 0.15) is 20.7 Å². The van der Waals surface area contributed by atoms with Gasteiger partial charge in [-0.15, -0.1) is 0 Å². The molecule has 22 heavy (non-hydrogen) atoms. The van der Waals surface area contributed by atoms with Crippen LogP contribution in [0, 0.1) is 0 Å². The molecule has 1 aliphatic rings. The van der Waals surface area contributed by atoms with E-state index in [2.05, 4.69) is 4.90 Å². The van der Waals surface area contributed by atoms with Crippen molar-refractivity contribution in [1.29, 1.82) is 0 Å². The summed E-state index contributed by atoms with van der Waals surface area (Å²) in [6, 6.07) is 0. The van der Waals surface area contributed by atoms with Gasteiger partial charge in [0.15, 0.2) is 0 Å². The van der Waals surface area contributed by atoms with Gasteiger partial charge in [0, 0.05) is 26.2 Å². The molecule has 0 spiro atoms. The summed E-state index contributed by atoms with van der Waals surface area (Å²) in [5.74, 6) is -1.90. The van der Waals surface area contributed by atoms with E-state index in [9.17, 15) is 14.7 Å². The number of carbonyl (C=O) groups is 2. The Bertz CT molecular complexity index is 643. The molecule has 1 N–H and O–H groups in total. The maximum atomic E-state index is 12.7. The summed E-state index contributed by atoms with van der Waals surface area (Å²) >= 11 is 23.8. The van der Waals surface area contributed by atoms with E-state index in [-0.39, 0.29) is 25.7 Å². The number of nitrogens with zero attached hydrogens (tertiary/aromatic N) is 2. The fourth-order valence-corrected chi connectivity index (χ4v) is 3.22. The van der Waals surface area contributed by atoms with Crippen LogP contribution < -0.4 is 0 Å². The SMILES string of the molecule is CN1CCN(C(=O)c2c(Cl)c(Cl)c(Cl)c(Cl)c2C(=O)O)CC1. The summed E-state index contributed by atoms with van der Waals surface area (Å²) in [7, 11) is 1.94. The number of carbonyl (C=O) groups excluding carboxylic acids is 1. The molecule has 0 aromatic heterocycles. The maximum Gasteiger partial charge on any atom is 0.338 e. The molecule has 0 radical (unpaired) electrons. The van der Waals surface area contributed by atoms with Crippen LogP contribution in [0.15, 0.2) is 0 Å². The fraction of sp³-hybridized carbons (Fsp3) is 0.385. The van der Waals surface area contributed by atoms with Crippen molar-refractivity contribution in [2.24, 2.45) is 0 Å². The number of amides is 1. The first-order valence-corrected chi connectivity index (χ1v) is 7.84. The molecule has 0 aliphatic carbocycles. The monoisotopic (exact) mass is 384 g/mol. The van der Waals surface area contributed by atoms with E-state index in [1.807, 2.05) is 7.05 Å². The lowest BCUT2D eigenvalue weighted by Gasteiger charge is -2.33. The lowest BCUT2D eigenvalue weighted by molar-refractivity contribution is 0.0635. The molecule has 1 aromatic rings. The van der Waals surface area contributed by atoms with Crippen LogP contribution in [-0.4, -0.2) is 60.0 Å². The van der Waals surface area contributed by atoms with Crippen LogP contribution in [-0.2, 0) is 0 Å². The molecule has 5 nitrogen and oxygen atoms in total. The second-order valence-corrected chi connectivity index (χ2v) is 6.42. The number of rotatable bonds is 2. The number of halogens is 4. The van der Waals surface area contributed by atoms with Gasteiger partial charge in [0.05, 0.1) is 31.2 Å². The molecule has 120 valence electrons. The van der Waals surface area contributed by atoms with E-state index in [0.29, 0.717) is 26.2 Å². The molecule has 0 unspecified atom stereocenters. The van der Waals surface area contributed by atoms with Crippen molar-refractivity contribution >= 4 is 58.3 Å². The Balaban J connectivity index is 2.54.